The monoisotopic (exact) mass is 328 g/mol. The van der Waals surface area contributed by atoms with Crippen molar-refractivity contribution in [3.63, 3.8) is 0 Å². The van der Waals surface area contributed by atoms with Gasteiger partial charge in [-0.3, -0.25) is 0 Å². The molecular formula is C13H18FeN7. The smallest absolute Gasteiger partial charge is 0.00488 e. The topological polar surface area (TPSA) is 171 Å². The molecule has 0 spiro atoms. The van der Waals surface area contributed by atoms with Crippen LogP contribution in [0.15, 0.2) is 0 Å². The summed E-state index contributed by atoms with van der Waals surface area (Å²) in [6.07, 6.45) is 5.26. The Bertz CT molecular complexity index is 457. The summed E-state index contributed by atoms with van der Waals surface area (Å²) in [5, 5.41) is 41.8. The summed E-state index contributed by atoms with van der Waals surface area (Å²) in [4.78, 5) is 6.12. The van der Waals surface area contributed by atoms with Crippen molar-refractivity contribution in [2.45, 2.75) is 25.7 Å². The molecule has 0 saturated heterocycles. The Labute approximate surface area is 125 Å². The van der Waals surface area contributed by atoms with Crippen molar-refractivity contribution in [2.75, 3.05) is 13.1 Å². The molecule has 2 atom stereocenters. The number of rotatable bonds is 2. The van der Waals surface area contributed by atoms with Crippen LogP contribution >= 0.6 is 0 Å². The van der Waals surface area contributed by atoms with Crippen LogP contribution in [0.2, 0.25) is 0 Å². The minimum absolute atomic E-state index is 0.766. The summed E-state index contributed by atoms with van der Waals surface area (Å²) < 4.78 is 0. The fourth-order valence-corrected chi connectivity index (χ4v) is 2.56. The van der Waals surface area contributed by atoms with Crippen LogP contribution in [0.1, 0.15) is 25.7 Å². The molecule has 0 bridgehead atoms. The second kappa shape index (κ2) is 8.24. The van der Waals surface area contributed by atoms with Gasteiger partial charge in [0.05, 0.1) is 0 Å². The average molecular weight is 328 g/mol. The summed E-state index contributed by atoms with van der Waals surface area (Å²) in [7, 11) is 0. The van der Waals surface area contributed by atoms with E-state index in [-0.39, 0.29) is 0 Å². The molecule has 113 valence electrons. The van der Waals surface area contributed by atoms with Crippen LogP contribution in [0.25, 0.3) is 0 Å². The third kappa shape index (κ3) is 4.44. The zero-order valence-electron chi connectivity index (χ0n) is 11.6. The van der Waals surface area contributed by atoms with Crippen LogP contribution in [0.3, 0.4) is 0 Å². The first kappa shape index (κ1) is 18.9. The minimum Gasteiger partial charge on any atom is -0.330 e. The van der Waals surface area contributed by atoms with E-state index in [4.69, 9.17) is 37.8 Å². The van der Waals surface area contributed by atoms with Gasteiger partial charge in [-0.2, -0.15) is 0 Å². The average Bonchev–Trinajstić information content (AvgIpc) is 2.59. The molecule has 0 amide bonds. The molecule has 0 aromatic heterocycles. The maximum absolute atomic E-state index is 8.35. The predicted molar refractivity (Wildman–Crippen MR) is 71.6 cm³/mol. The molecule has 0 aromatic rings. The summed E-state index contributed by atoms with van der Waals surface area (Å²) in [6.45, 7) is 1.72. The zero-order chi connectivity index (χ0) is 16.4. The summed E-state index contributed by atoms with van der Waals surface area (Å²) in [6, 6.07) is 0. The van der Waals surface area contributed by atoms with Crippen molar-refractivity contribution in [1.29, 1.82) is 26.3 Å². The molecule has 4 N–H and O–H groups in total. The number of nitrogens with two attached hydrogens (primary N) is 2. The third-order valence-corrected chi connectivity index (χ3v) is 5.82. The minimum atomic E-state index is -4.78. The van der Waals surface area contributed by atoms with Crippen molar-refractivity contribution in [1.82, 2.24) is 0 Å². The molecule has 1 rings (SSSR count). The molecule has 1 fully saturated rings. The SMILES string of the molecule is N#[C][Fe]([C]#N)([C]#N)([C]#N)[C]#N.NCC1CCCC(CN)C1. The second-order valence-corrected chi connectivity index (χ2v) is 8.64. The molecule has 1 aliphatic rings. The van der Waals surface area contributed by atoms with Crippen molar-refractivity contribution < 1.29 is 11.8 Å². The van der Waals surface area contributed by atoms with Gasteiger partial charge in [0, 0.05) is 0 Å². The Morgan fingerprint density at radius 1 is 0.762 bits per heavy atom. The predicted octanol–water partition coefficient (Wildman–Crippen LogP) is 0.792. The molecule has 0 heterocycles. The van der Waals surface area contributed by atoms with Crippen molar-refractivity contribution >= 4 is 0 Å². The second-order valence-electron chi connectivity index (χ2n) is 4.65. The fraction of sp³-hybridized carbons (Fsp3) is 0.615. The number of hydrogen-bond acceptors (Lipinski definition) is 7. The van der Waals surface area contributed by atoms with Crippen molar-refractivity contribution in [3.05, 3.63) is 0 Å². The first-order valence-corrected chi connectivity index (χ1v) is 9.03. The van der Waals surface area contributed by atoms with E-state index in [1.165, 1.54) is 50.5 Å². The Kier molecular flexibility index (Phi) is 7.41. The first-order valence-electron chi connectivity index (χ1n) is 6.27. The fourth-order valence-electron chi connectivity index (χ4n) is 2.01. The van der Waals surface area contributed by atoms with Gasteiger partial charge in [0.1, 0.15) is 0 Å². The summed E-state index contributed by atoms with van der Waals surface area (Å²) in [5.41, 5.74) is 11.2. The van der Waals surface area contributed by atoms with Gasteiger partial charge in [0.25, 0.3) is 0 Å². The van der Waals surface area contributed by atoms with Crippen LogP contribution in [-0.4, -0.2) is 13.1 Å². The number of hydrogen-bond donors (Lipinski definition) is 2. The Balaban J connectivity index is 0.000000382. The van der Waals surface area contributed by atoms with Gasteiger partial charge in [-0.1, -0.05) is 6.42 Å². The van der Waals surface area contributed by atoms with E-state index in [1.807, 2.05) is 0 Å². The number of nitriles is 5. The van der Waals surface area contributed by atoms with Gasteiger partial charge in [-0.05, 0) is 44.2 Å². The molecule has 0 aliphatic heterocycles. The largest absolute Gasteiger partial charge is 0.330 e. The molecule has 7 nitrogen and oxygen atoms in total. The van der Waals surface area contributed by atoms with Gasteiger partial charge in [-0.25, -0.2) is 0 Å². The normalized spacial score (nSPS) is 22.2. The van der Waals surface area contributed by atoms with E-state index in [1.54, 1.807) is 0 Å². The Morgan fingerprint density at radius 2 is 1.10 bits per heavy atom. The molecule has 2 unspecified atom stereocenters. The molecule has 0 radical (unpaired) electrons. The molecule has 0 aromatic carbocycles. The maximum Gasteiger partial charge on any atom is -0.00488 e. The standard InChI is InChI=1S/C8H18N2.5CN.Fe/c9-5-7-2-1-3-8(4-7)6-10;5*1-2;/h7-8H,1-6,9-10H2;;;;;;. The maximum atomic E-state index is 8.35. The molecule has 21 heavy (non-hydrogen) atoms. The van der Waals surface area contributed by atoms with Gasteiger partial charge < -0.3 is 11.5 Å². The van der Waals surface area contributed by atoms with E-state index in [0.717, 1.165) is 24.9 Å². The van der Waals surface area contributed by atoms with E-state index >= 15 is 0 Å². The van der Waals surface area contributed by atoms with Crippen molar-refractivity contribution in [2.24, 2.45) is 23.3 Å². The van der Waals surface area contributed by atoms with Gasteiger partial charge in [0.15, 0.2) is 0 Å². The Hall–Kier alpha value is -2.11. The first-order chi connectivity index (χ1) is 9.98. The summed E-state index contributed by atoms with van der Waals surface area (Å²) in [5.74, 6) is 1.53. The quantitative estimate of drug-likeness (QED) is 0.705. The van der Waals surface area contributed by atoms with Crippen LogP contribution < -0.4 is 11.5 Å². The van der Waals surface area contributed by atoms with Crippen molar-refractivity contribution in [3.8, 4) is 24.8 Å². The third-order valence-electron chi connectivity index (χ3n) is 3.35. The van der Waals surface area contributed by atoms with E-state index in [0.29, 0.717) is 0 Å². The van der Waals surface area contributed by atoms with Crippen LogP contribution in [0.4, 0.5) is 0 Å². The van der Waals surface area contributed by atoms with Gasteiger partial charge >= 0.3 is 62.9 Å². The van der Waals surface area contributed by atoms with E-state index < -0.39 is 11.8 Å². The van der Waals surface area contributed by atoms with Gasteiger partial charge in [-0.15, -0.1) is 0 Å². The van der Waals surface area contributed by atoms with Crippen LogP contribution in [-0.2, 0) is 11.8 Å². The van der Waals surface area contributed by atoms with Crippen LogP contribution in [0.5, 0.6) is 0 Å². The molecule has 1 aliphatic carbocycles. The van der Waals surface area contributed by atoms with E-state index in [2.05, 4.69) is 0 Å². The van der Waals surface area contributed by atoms with E-state index in [9.17, 15) is 0 Å². The Morgan fingerprint density at radius 3 is 1.29 bits per heavy atom. The molecule has 8 heteroatoms. The molecule has 1 saturated carbocycles. The number of nitrogens with zero attached hydrogens (tertiary/aromatic N) is 5. The van der Waals surface area contributed by atoms with Crippen LogP contribution in [0, 0.1) is 63.0 Å². The summed E-state index contributed by atoms with van der Waals surface area (Å²) >= 11 is -4.78. The van der Waals surface area contributed by atoms with Gasteiger partial charge in [0.2, 0.25) is 0 Å². The molecular weight excluding hydrogens is 310 g/mol. The zero-order valence-corrected chi connectivity index (χ0v) is 12.7.